The van der Waals surface area contributed by atoms with Crippen molar-refractivity contribution in [3.05, 3.63) is 69.7 Å². The molecule has 32 heavy (non-hydrogen) atoms. The largest absolute Gasteiger partial charge is 0.507 e. The van der Waals surface area contributed by atoms with Gasteiger partial charge in [0.1, 0.15) is 11.5 Å². The standard InChI is InChI=1S/C25H29BrN2O4/c1-4-27(5-2)15-16-28-22(17-7-11-19(26)12-8-17)21(24(30)25(28)31)23(29)18-9-13-20(14-10-18)32-6-3/h7-14,22,29H,4-6,15-16H2,1-3H3/b23-21+/t22-/m1/s1. The second-order valence-corrected chi connectivity index (χ2v) is 8.44. The molecule has 1 amide bonds. The van der Waals surface area contributed by atoms with Gasteiger partial charge in [-0.3, -0.25) is 9.59 Å². The van der Waals surface area contributed by atoms with Crippen molar-refractivity contribution in [2.45, 2.75) is 26.8 Å². The monoisotopic (exact) mass is 500 g/mol. The van der Waals surface area contributed by atoms with E-state index in [2.05, 4.69) is 34.7 Å². The molecule has 7 heteroatoms. The number of hydrogen-bond acceptors (Lipinski definition) is 5. The smallest absolute Gasteiger partial charge is 0.295 e. The van der Waals surface area contributed by atoms with Crippen LogP contribution in [0.1, 0.15) is 37.9 Å². The summed E-state index contributed by atoms with van der Waals surface area (Å²) in [5, 5.41) is 11.1. The van der Waals surface area contributed by atoms with Gasteiger partial charge in [0.25, 0.3) is 11.7 Å². The van der Waals surface area contributed by atoms with Gasteiger partial charge >= 0.3 is 0 Å². The summed E-state index contributed by atoms with van der Waals surface area (Å²) in [5.74, 6) is -0.751. The third-order valence-corrected chi connectivity index (χ3v) is 6.24. The predicted molar refractivity (Wildman–Crippen MR) is 129 cm³/mol. The fraction of sp³-hybridized carbons (Fsp3) is 0.360. The molecule has 0 spiro atoms. The molecule has 1 aliphatic rings. The number of Topliss-reactive ketones (excluding diaryl/α,β-unsaturated/α-hetero) is 1. The number of aliphatic hydroxyl groups excluding tert-OH is 1. The molecular weight excluding hydrogens is 472 g/mol. The van der Waals surface area contributed by atoms with Crippen molar-refractivity contribution in [3.63, 3.8) is 0 Å². The number of amides is 1. The quantitative estimate of drug-likeness (QED) is 0.309. The zero-order valence-corrected chi connectivity index (χ0v) is 20.3. The summed E-state index contributed by atoms with van der Waals surface area (Å²) in [7, 11) is 0. The number of aliphatic hydroxyl groups is 1. The first kappa shape index (κ1) is 24.0. The Morgan fingerprint density at radius 1 is 1.03 bits per heavy atom. The molecular formula is C25H29BrN2O4. The highest BCUT2D eigenvalue weighted by molar-refractivity contribution is 9.10. The van der Waals surface area contributed by atoms with Crippen LogP contribution in [0.15, 0.2) is 58.6 Å². The minimum Gasteiger partial charge on any atom is -0.507 e. The highest BCUT2D eigenvalue weighted by atomic mass is 79.9. The van der Waals surface area contributed by atoms with Crippen LogP contribution in [0.25, 0.3) is 5.76 Å². The van der Waals surface area contributed by atoms with Gasteiger partial charge in [0.05, 0.1) is 18.2 Å². The number of rotatable bonds is 9. The Kier molecular flexibility index (Phi) is 8.10. The van der Waals surface area contributed by atoms with Crippen LogP contribution in [0.4, 0.5) is 0 Å². The fourth-order valence-corrected chi connectivity index (χ4v) is 4.19. The SMILES string of the molecule is CCOc1ccc(/C(O)=C2\C(=O)C(=O)N(CCN(CC)CC)[C@@H]2c2ccc(Br)cc2)cc1. The lowest BCUT2D eigenvalue weighted by molar-refractivity contribution is -0.140. The number of ketones is 1. The Balaban J connectivity index is 2.05. The maximum Gasteiger partial charge on any atom is 0.295 e. The number of nitrogens with zero attached hydrogens (tertiary/aromatic N) is 2. The third kappa shape index (κ3) is 5.05. The number of hydrogen-bond donors (Lipinski definition) is 1. The Hall–Kier alpha value is -2.64. The average molecular weight is 501 g/mol. The highest BCUT2D eigenvalue weighted by Gasteiger charge is 2.45. The van der Waals surface area contributed by atoms with E-state index in [0.29, 0.717) is 31.0 Å². The first-order chi connectivity index (χ1) is 15.4. The molecule has 6 nitrogen and oxygen atoms in total. The van der Waals surface area contributed by atoms with Gasteiger partial charge in [-0.05, 0) is 62.0 Å². The summed E-state index contributed by atoms with van der Waals surface area (Å²) in [6, 6.07) is 13.7. The van der Waals surface area contributed by atoms with E-state index >= 15 is 0 Å². The summed E-state index contributed by atoms with van der Waals surface area (Å²) < 4.78 is 6.36. The van der Waals surface area contributed by atoms with Crippen LogP contribution in [0, 0.1) is 0 Å². The average Bonchev–Trinajstić information content (AvgIpc) is 3.05. The number of halogens is 1. The fourth-order valence-electron chi connectivity index (χ4n) is 3.92. The minimum atomic E-state index is -0.663. The van der Waals surface area contributed by atoms with Gasteiger partial charge in [0, 0.05) is 23.1 Å². The van der Waals surface area contributed by atoms with Crippen molar-refractivity contribution in [3.8, 4) is 5.75 Å². The van der Waals surface area contributed by atoms with Gasteiger partial charge in [-0.25, -0.2) is 0 Å². The van der Waals surface area contributed by atoms with E-state index in [1.165, 1.54) is 0 Å². The molecule has 1 atom stereocenters. The van der Waals surface area contributed by atoms with Crippen molar-refractivity contribution in [2.24, 2.45) is 0 Å². The Morgan fingerprint density at radius 2 is 1.66 bits per heavy atom. The van der Waals surface area contributed by atoms with Crippen LogP contribution in [0.2, 0.25) is 0 Å². The first-order valence-electron chi connectivity index (χ1n) is 10.9. The Labute approximate surface area is 197 Å². The van der Waals surface area contributed by atoms with E-state index in [4.69, 9.17) is 4.74 Å². The van der Waals surface area contributed by atoms with Crippen molar-refractivity contribution in [2.75, 3.05) is 32.8 Å². The topological polar surface area (TPSA) is 70.1 Å². The molecule has 1 fully saturated rings. The molecule has 1 saturated heterocycles. The first-order valence-corrected chi connectivity index (χ1v) is 11.7. The van der Waals surface area contributed by atoms with E-state index in [1.54, 1.807) is 29.2 Å². The van der Waals surface area contributed by atoms with Crippen LogP contribution < -0.4 is 4.74 Å². The summed E-state index contributed by atoms with van der Waals surface area (Å²) in [5.41, 5.74) is 1.36. The van der Waals surface area contributed by atoms with Crippen LogP contribution >= 0.6 is 15.9 Å². The maximum absolute atomic E-state index is 13.1. The second-order valence-electron chi connectivity index (χ2n) is 7.53. The summed E-state index contributed by atoms with van der Waals surface area (Å²) >= 11 is 3.43. The number of carbonyl (C=O) groups excluding carboxylic acids is 2. The number of benzene rings is 2. The number of ether oxygens (including phenoxy) is 1. The lowest BCUT2D eigenvalue weighted by Crippen LogP contribution is -2.38. The van der Waals surface area contributed by atoms with Crippen molar-refractivity contribution >= 4 is 33.4 Å². The molecule has 1 aliphatic heterocycles. The molecule has 0 saturated carbocycles. The van der Waals surface area contributed by atoms with E-state index in [1.807, 2.05) is 31.2 Å². The van der Waals surface area contributed by atoms with Crippen molar-refractivity contribution < 1.29 is 19.4 Å². The minimum absolute atomic E-state index is 0.112. The molecule has 0 unspecified atom stereocenters. The zero-order valence-electron chi connectivity index (χ0n) is 18.7. The molecule has 0 bridgehead atoms. The van der Waals surface area contributed by atoms with Crippen LogP contribution in [-0.4, -0.2) is 59.4 Å². The Bertz CT molecular complexity index is 982. The highest BCUT2D eigenvalue weighted by Crippen LogP contribution is 2.39. The van der Waals surface area contributed by atoms with Crippen molar-refractivity contribution in [1.29, 1.82) is 0 Å². The molecule has 0 aromatic heterocycles. The molecule has 1 heterocycles. The number of carbonyl (C=O) groups is 2. The molecule has 0 aliphatic carbocycles. The summed E-state index contributed by atoms with van der Waals surface area (Å²) in [6.07, 6.45) is 0. The van der Waals surface area contributed by atoms with E-state index < -0.39 is 17.7 Å². The molecule has 2 aromatic carbocycles. The van der Waals surface area contributed by atoms with Gasteiger partial charge < -0.3 is 19.6 Å². The second kappa shape index (κ2) is 10.8. The lowest BCUT2D eigenvalue weighted by atomic mass is 9.95. The van der Waals surface area contributed by atoms with E-state index in [9.17, 15) is 14.7 Å². The van der Waals surface area contributed by atoms with E-state index in [0.717, 1.165) is 23.1 Å². The number of likely N-dealkylation sites (N-methyl/N-ethyl adjacent to an activating group) is 1. The maximum atomic E-state index is 13.1. The van der Waals surface area contributed by atoms with Crippen LogP contribution in [0.5, 0.6) is 5.75 Å². The van der Waals surface area contributed by atoms with Gasteiger partial charge in [0.2, 0.25) is 0 Å². The molecule has 2 aromatic rings. The number of likely N-dealkylation sites (tertiary alicyclic amines) is 1. The molecule has 170 valence electrons. The van der Waals surface area contributed by atoms with Gasteiger partial charge in [-0.2, -0.15) is 0 Å². The molecule has 0 radical (unpaired) electrons. The molecule has 1 N–H and O–H groups in total. The van der Waals surface area contributed by atoms with Crippen LogP contribution in [0.3, 0.4) is 0 Å². The van der Waals surface area contributed by atoms with Gasteiger partial charge in [-0.1, -0.05) is 41.9 Å². The lowest BCUT2D eigenvalue weighted by Gasteiger charge is -2.28. The molecule has 3 rings (SSSR count). The summed E-state index contributed by atoms with van der Waals surface area (Å²) in [6.45, 7) is 9.32. The van der Waals surface area contributed by atoms with E-state index in [-0.39, 0.29) is 11.3 Å². The van der Waals surface area contributed by atoms with Gasteiger partial charge in [0.15, 0.2) is 0 Å². The predicted octanol–water partition coefficient (Wildman–Crippen LogP) is 4.61. The normalized spacial score (nSPS) is 17.9. The van der Waals surface area contributed by atoms with Crippen LogP contribution in [-0.2, 0) is 9.59 Å². The third-order valence-electron chi connectivity index (χ3n) is 5.72. The Morgan fingerprint density at radius 3 is 2.22 bits per heavy atom. The van der Waals surface area contributed by atoms with Crippen molar-refractivity contribution in [1.82, 2.24) is 9.80 Å². The zero-order chi connectivity index (χ0) is 23.3. The van der Waals surface area contributed by atoms with Gasteiger partial charge in [-0.15, -0.1) is 0 Å². The summed E-state index contributed by atoms with van der Waals surface area (Å²) in [4.78, 5) is 29.9.